The van der Waals surface area contributed by atoms with E-state index in [0.29, 0.717) is 17.3 Å². The number of nitrogens with one attached hydrogen (secondary N) is 1. The van der Waals surface area contributed by atoms with Crippen molar-refractivity contribution in [3.63, 3.8) is 0 Å². The molecule has 0 saturated carbocycles. The van der Waals surface area contributed by atoms with Gasteiger partial charge in [0.2, 0.25) is 0 Å². The van der Waals surface area contributed by atoms with Crippen LogP contribution in [-0.2, 0) is 27.7 Å². The van der Waals surface area contributed by atoms with E-state index in [1.165, 1.54) is 0 Å². The van der Waals surface area contributed by atoms with E-state index in [1.807, 2.05) is 90.3 Å². The molecule has 0 aliphatic rings. The normalized spacial score (nSPS) is 11.3. The predicted octanol–water partition coefficient (Wildman–Crippen LogP) is 11.6. The summed E-state index contributed by atoms with van der Waals surface area (Å²) in [5.74, 6) is 0. The third kappa shape index (κ3) is 9.16. The maximum atomic E-state index is 6.22. The van der Waals surface area contributed by atoms with Crippen LogP contribution < -0.4 is 11.1 Å². The Morgan fingerprint density at radius 2 is 0.944 bits per heavy atom. The van der Waals surface area contributed by atoms with E-state index in [0.717, 1.165) is 115 Å². The van der Waals surface area contributed by atoms with E-state index < -0.39 is 0 Å². The van der Waals surface area contributed by atoms with Crippen LogP contribution in [0, 0.1) is 0 Å². The van der Waals surface area contributed by atoms with E-state index in [1.54, 1.807) is 43.4 Å². The van der Waals surface area contributed by atoms with E-state index in [-0.39, 0.29) is 0 Å². The monoisotopic (exact) mass is 1010 g/mol. The summed E-state index contributed by atoms with van der Waals surface area (Å²) in [4.78, 5) is 30.9. The van der Waals surface area contributed by atoms with Gasteiger partial charge in [0.1, 0.15) is 0 Å². The van der Waals surface area contributed by atoms with Crippen molar-refractivity contribution in [1.82, 2.24) is 64.2 Å². The van der Waals surface area contributed by atoms with Crippen molar-refractivity contribution in [3.8, 4) is 33.4 Å². The molecule has 0 amide bonds. The van der Waals surface area contributed by atoms with Gasteiger partial charge in [-0.1, -0.05) is 48.0 Å². The number of fused-ring (bicyclic) bond motifs is 6. The maximum absolute atomic E-state index is 6.22. The highest BCUT2D eigenvalue weighted by Gasteiger charge is 2.14. The number of hydrogen-bond acceptors (Lipinski definition) is 12. The van der Waals surface area contributed by atoms with Crippen LogP contribution in [0.3, 0.4) is 0 Å². The van der Waals surface area contributed by atoms with Gasteiger partial charge < -0.3 is 11.1 Å². The third-order valence-corrected chi connectivity index (χ3v) is 12.8. The minimum Gasteiger partial charge on any atom is -0.399 e. The zero-order valence-electron chi connectivity index (χ0n) is 38.4. The first kappa shape index (κ1) is 44.8. The molecule has 0 atom stereocenters. The highest BCUT2D eigenvalue weighted by atomic mass is 79.9. The number of nitrogen functional groups attached to an aromatic ring is 1. The lowest BCUT2D eigenvalue weighted by Gasteiger charge is -2.12. The summed E-state index contributed by atoms with van der Waals surface area (Å²) in [7, 11) is 5.82. The fourth-order valence-electron chi connectivity index (χ4n) is 8.67. The molecule has 0 bridgehead atoms. The first-order chi connectivity index (χ1) is 34.6. The van der Waals surface area contributed by atoms with Gasteiger partial charge in [-0.25, -0.2) is 0 Å². The second kappa shape index (κ2) is 19.0. The number of aromatic nitrogens is 13. The first-order valence-corrected chi connectivity index (χ1v) is 23.5. The zero-order chi connectivity index (χ0) is 48.6. The van der Waals surface area contributed by atoms with Crippen molar-refractivity contribution in [2.24, 2.45) is 21.1 Å². The smallest absolute Gasteiger partial charge is 0.0966 e. The van der Waals surface area contributed by atoms with Crippen LogP contribution in [0.25, 0.3) is 99.2 Å². The van der Waals surface area contributed by atoms with E-state index in [4.69, 9.17) is 17.3 Å². The van der Waals surface area contributed by atoms with Gasteiger partial charge in [0.25, 0.3) is 0 Å². The van der Waals surface area contributed by atoms with Gasteiger partial charge in [-0.3, -0.25) is 48.9 Å². The zero-order valence-corrected chi connectivity index (χ0v) is 40.8. The van der Waals surface area contributed by atoms with Crippen LogP contribution in [0.15, 0.2) is 170 Å². The summed E-state index contributed by atoms with van der Waals surface area (Å²) < 4.78 is 6.57. The lowest BCUT2D eigenvalue weighted by atomic mass is 10.0. The quantitative estimate of drug-likeness (QED) is 0.151. The number of pyridine rings is 1. The van der Waals surface area contributed by atoms with Crippen molar-refractivity contribution in [2.45, 2.75) is 6.54 Å². The average molecular weight is 1020 g/mol. The van der Waals surface area contributed by atoms with Gasteiger partial charge in [-0.05, 0) is 98.8 Å². The molecule has 346 valence electrons. The van der Waals surface area contributed by atoms with Crippen LogP contribution in [0.2, 0.25) is 5.02 Å². The van der Waals surface area contributed by atoms with Gasteiger partial charge >= 0.3 is 0 Å². The van der Waals surface area contributed by atoms with Crippen LogP contribution >= 0.6 is 27.5 Å². The number of halogens is 2. The number of nitrogens with zero attached hydrogens (tertiary/aromatic N) is 13. The molecule has 3 N–H and O–H groups in total. The Morgan fingerprint density at radius 1 is 0.493 bits per heavy atom. The maximum Gasteiger partial charge on any atom is 0.0966 e. The summed E-state index contributed by atoms with van der Waals surface area (Å²) in [5, 5.41) is 20.4. The van der Waals surface area contributed by atoms with Crippen molar-refractivity contribution in [1.29, 1.82) is 0 Å². The minimum absolute atomic E-state index is 0.656. The van der Waals surface area contributed by atoms with Crippen molar-refractivity contribution < 1.29 is 0 Å². The summed E-state index contributed by atoms with van der Waals surface area (Å²) >= 11 is 9.69. The van der Waals surface area contributed by atoms with Crippen LogP contribution in [0.4, 0.5) is 11.4 Å². The summed E-state index contributed by atoms with van der Waals surface area (Å²) in [6, 6.07) is 32.5. The van der Waals surface area contributed by atoms with Crippen LogP contribution in [-0.4, -0.2) is 64.2 Å². The number of nitrogens with two attached hydrogens (primary N) is 1. The SMILES string of the molecule is Cn1ncc2ccc(-c3cc(Cl)cc4nccnc34)cc21.Cn1ncc2ccc(-c3cc(N)cc4nccnc34)cc21.Cn1ncc2ccc(-c3cc(NCc4cncc(Br)c4)cc4nccnc34)cc21. The van der Waals surface area contributed by atoms with Gasteiger partial charge in [-0.2, -0.15) is 15.3 Å². The molecule has 0 aliphatic heterocycles. The molecule has 0 aliphatic carbocycles. The topological polar surface area (TPSA) is 182 Å². The molecule has 0 radical (unpaired) electrons. The number of benzene rings is 6. The number of hydrogen-bond donors (Lipinski definition) is 2. The highest BCUT2D eigenvalue weighted by molar-refractivity contribution is 9.10. The molecular weight excluding hydrogens is 974 g/mol. The highest BCUT2D eigenvalue weighted by Crippen LogP contribution is 2.35. The second-order valence-corrected chi connectivity index (χ2v) is 18.2. The van der Waals surface area contributed by atoms with E-state index >= 15 is 0 Å². The Balaban J connectivity index is 0.000000118. The van der Waals surface area contributed by atoms with Gasteiger partial charge in [0, 0.05) is 131 Å². The number of aryl methyl sites for hydroxylation is 3. The molecule has 17 heteroatoms. The van der Waals surface area contributed by atoms with Crippen LogP contribution in [0.5, 0.6) is 0 Å². The lowest BCUT2D eigenvalue weighted by molar-refractivity contribution is 0.797. The predicted molar refractivity (Wildman–Crippen MR) is 286 cm³/mol. The minimum atomic E-state index is 0.656. The van der Waals surface area contributed by atoms with Crippen molar-refractivity contribution >= 4 is 105 Å². The van der Waals surface area contributed by atoms with Crippen LogP contribution in [0.1, 0.15) is 5.56 Å². The first-order valence-electron chi connectivity index (χ1n) is 22.4. The fraction of sp³-hybridized carbons (Fsp3) is 0.0741. The molecule has 15 nitrogen and oxygen atoms in total. The van der Waals surface area contributed by atoms with Gasteiger partial charge in [0.05, 0.1) is 68.2 Å². The summed E-state index contributed by atoms with van der Waals surface area (Å²) in [5.41, 5.74) is 23.2. The average Bonchev–Trinajstić information content (AvgIpc) is 4.09. The molecule has 71 heavy (non-hydrogen) atoms. The largest absolute Gasteiger partial charge is 0.399 e. The van der Waals surface area contributed by atoms with E-state index in [2.05, 4.69) is 138 Å². The number of anilines is 2. The lowest BCUT2D eigenvalue weighted by Crippen LogP contribution is -2.01. The molecule has 0 spiro atoms. The molecule has 7 heterocycles. The molecule has 6 aromatic carbocycles. The Labute approximate surface area is 419 Å². The van der Waals surface area contributed by atoms with E-state index in [9.17, 15) is 0 Å². The summed E-state index contributed by atoms with van der Waals surface area (Å²) in [6.07, 6.45) is 19.4. The Kier molecular flexibility index (Phi) is 12.0. The third-order valence-electron chi connectivity index (χ3n) is 12.1. The van der Waals surface area contributed by atoms with Gasteiger partial charge in [0.15, 0.2) is 0 Å². The second-order valence-electron chi connectivity index (χ2n) is 16.8. The molecular formula is C54H41BrClN15. The standard InChI is InChI=1S/C22H17BrN6.C16H11ClN4.C16H13N5/c1-29-21-7-15(2-3-16(21)12-28-29)19-8-18(9-20-22(19)26-5-4-25-20)27-11-14-6-17(23)13-24-10-14;2*1-21-15-6-10(2-3-11(15)9-20-21)13-7-12(17)8-14-16(13)19-5-4-18-14/h2-10,12-13,27H,11H2,1H3;2-9H,1H3;2-9H,17H2,1H3. The van der Waals surface area contributed by atoms with Crippen molar-refractivity contribution in [2.75, 3.05) is 11.1 Å². The van der Waals surface area contributed by atoms with Crippen molar-refractivity contribution in [3.05, 3.63) is 180 Å². The Hall–Kier alpha value is -8.73. The fourth-order valence-corrected chi connectivity index (χ4v) is 9.29. The Morgan fingerprint density at radius 3 is 1.45 bits per heavy atom. The molecule has 13 rings (SSSR count). The number of rotatable bonds is 6. The molecule has 0 fully saturated rings. The molecule has 0 saturated heterocycles. The summed E-state index contributed by atoms with van der Waals surface area (Å²) in [6.45, 7) is 0.665. The Bertz CT molecular complexity index is 3970. The molecule has 0 unspecified atom stereocenters. The molecule has 13 aromatic rings. The van der Waals surface area contributed by atoms with Gasteiger partial charge in [-0.15, -0.1) is 0 Å². The molecule has 7 aromatic heterocycles.